The summed E-state index contributed by atoms with van der Waals surface area (Å²) in [7, 11) is 0. The van der Waals surface area contributed by atoms with E-state index in [-0.39, 0.29) is 23.5 Å². The molecular weight excluding hydrogens is 382 g/mol. The zero-order valence-corrected chi connectivity index (χ0v) is 16.6. The van der Waals surface area contributed by atoms with Crippen LogP contribution in [0.2, 0.25) is 0 Å². The Morgan fingerprint density at radius 1 is 1.34 bits per heavy atom. The summed E-state index contributed by atoms with van der Waals surface area (Å²) in [6, 6.07) is 3.48. The number of nitrogens with two attached hydrogens (primary N) is 1. The van der Waals surface area contributed by atoms with Crippen molar-refractivity contribution in [2.45, 2.75) is 45.0 Å². The van der Waals surface area contributed by atoms with E-state index in [0.717, 1.165) is 0 Å². The topological polar surface area (TPSA) is 88.2 Å². The van der Waals surface area contributed by atoms with Crippen LogP contribution in [0, 0.1) is 6.92 Å². The smallest absolute Gasteiger partial charge is 0.230 e. The standard InChI is InChI=1S/C23H27N3O2S/c1-16-6-10-18(11-7-16)21(27)5-3-2-4-17-8-12-19(13-9-17)25-22(28)14-20-15-29-23(24)26-20/h6-13,15,21,27H,2-5,14H2,1H3,(H2,24,26)(H,25,28)/t21-/m0/s1/i2D2,4D2,6D,7D,10D,11D,21D. The summed E-state index contributed by atoms with van der Waals surface area (Å²) in [5, 5.41) is 15.4. The number of amides is 1. The van der Waals surface area contributed by atoms with E-state index >= 15 is 0 Å². The molecule has 4 N–H and O–H groups in total. The number of hydrogen-bond donors (Lipinski definition) is 3. The van der Waals surface area contributed by atoms with Crippen LogP contribution < -0.4 is 11.1 Å². The number of nitrogens with zero attached hydrogens (tertiary/aromatic N) is 1. The minimum absolute atomic E-state index is 0.000656. The molecule has 1 atom stereocenters. The van der Waals surface area contributed by atoms with E-state index < -0.39 is 61.4 Å². The second-order valence-electron chi connectivity index (χ2n) is 6.23. The van der Waals surface area contributed by atoms with Gasteiger partial charge in [0.15, 0.2) is 5.13 Å². The third-order valence-corrected chi connectivity index (χ3v) is 4.56. The van der Waals surface area contributed by atoms with E-state index in [1.54, 1.807) is 5.38 Å². The molecular formula is C23H27N3O2S. The number of aliphatic hydroxyl groups is 1. The number of anilines is 2. The summed E-state index contributed by atoms with van der Waals surface area (Å²) >= 11 is 1.21. The van der Waals surface area contributed by atoms with Crippen LogP contribution in [-0.2, 0) is 17.6 Å². The molecule has 29 heavy (non-hydrogen) atoms. The number of thiazole rings is 1. The fraction of sp³-hybridized carbons (Fsp3) is 0.304. The van der Waals surface area contributed by atoms with Gasteiger partial charge in [0.1, 0.15) is 0 Å². The first-order valence-corrected chi connectivity index (χ1v) is 9.76. The maximum Gasteiger partial charge on any atom is 0.230 e. The number of aryl methyl sites for hydroxylation is 1. The second-order valence-corrected chi connectivity index (χ2v) is 7.12. The Bertz CT molecular complexity index is 1320. The highest BCUT2D eigenvalue weighted by molar-refractivity contribution is 7.13. The highest BCUT2D eigenvalue weighted by Crippen LogP contribution is 2.21. The molecule has 0 radical (unpaired) electrons. The van der Waals surface area contributed by atoms with Crippen LogP contribution in [0.5, 0.6) is 0 Å². The Labute approximate surface area is 188 Å². The molecule has 1 amide bonds. The summed E-state index contributed by atoms with van der Waals surface area (Å²) in [4.78, 5) is 16.2. The summed E-state index contributed by atoms with van der Waals surface area (Å²) < 4.78 is 73.9. The van der Waals surface area contributed by atoms with Gasteiger partial charge >= 0.3 is 0 Å². The fourth-order valence-corrected chi connectivity index (χ4v) is 2.96. The zero-order valence-electron chi connectivity index (χ0n) is 24.8. The van der Waals surface area contributed by atoms with Gasteiger partial charge < -0.3 is 16.2 Å². The van der Waals surface area contributed by atoms with Crippen molar-refractivity contribution in [3.63, 3.8) is 0 Å². The van der Waals surface area contributed by atoms with Crippen molar-refractivity contribution >= 4 is 28.1 Å². The van der Waals surface area contributed by atoms with Crippen molar-refractivity contribution in [3.05, 3.63) is 76.2 Å². The lowest BCUT2D eigenvalue weighted by atomic mass is 10.0. The first kappa shape index (κ1) is 12.1. The Morgan fingerprint density at radius 3 is 2.72 bits per heavy atom. The van der Waals surface area contributed by atoms with Gasteiger partial charge in [-0.1, -0.05) is 48.3 Å². The van der Waals surface area contributed by atoms with Crippen molar-refractivity contribution < 1.29 is 22.2 Å². The van der Waals surface area contributed by atoms with Crippen molar-refractivity contribution in [2.24, 2.45) is 0 Å². The largest absolute Gasteiger partial charge is 0.388 e. The van der Waals surface area contributed by atoms with Gasteiger partial charge in [-0.2, -0.15) is 0 Å². The molecule has 3 rings (SSSR count). The Kier molecular flexibility index (Phi) is 4.25. The Morgan fingerprint density at radius 2 is 2.07 bits per heavy atom. The number of rotatable bonds is 9. The highest BCUT2D eigenvalue weighted by Gasteiger charge is 2.08. The van der Waals surface area contributed by atoms with Crippen molar-refractivity contribution in [1.82, 2.24) is 4.98 Å². The second kappa shape index (κ2) is 10.2. The first-order valence-electron chi connectivity index (χ1n) is 13.4. The average molecular weight is 419 g/mol. The zero-order chi connectivity index (χ0) is 28.6. The number of carbonyl (C=O) groups excluding carboxylic acids is 1. The average Bonchev–Trinajstić information content (AvgIpc) is 3.24. The minimum atomic E-state index is -2.69. The molecule has 0 saturated carbocycles. The molecule has 0 spiro atoms. The summed E-state index contributed by atoms with van der Waals surface area (Å²) in [5.41, 5.74) is 5.86. The molecule has 152 valence electrons. The molecule has 0 aliphatic rings. The van der Waals surface area contributed by atoms with Crippen molar-refractivity contribution in [2.75, 3.05) is 11.1 Å². The molecule has 0 aliphatic carbocycles. The van der Waals surface area contributed by atoms with Crippen LogP contribution in [0.25, 0.3) is 0 Å². The van der Waals surface area contributed by atoms with E-state index in [2.05, 4.69) is 10.3 Å². The van der Waals surface area contributed by atoms with Crippen LogP contribution in [0.1, 0.15) is 60.0 Å². The van der Waals surface area contributed by atoms with E-state index in [1.807, 2.05) is 0 Å². The van der Waals surface area contributed by atoms with Gasteiger partial charge in [0.25, 0.3) is 0 Å². The predicted molar refractivity (Wildman–Crippen MR) is 119 cm³/mol. The molecule has 6 heteroatoms. The lowest BCUT2D eigenvalue weighted by Crippen LogP contribution is -2.14. The number of hydrogen-bond acceptors (Lipinski definition) is 5. The Balaban J connectivity index is 1.74. The van der Waals surface area contributed by atoms with Crippen LogP contribution in [0.3, 0.4) is 0 Å². The van der Waals surface area contributed by atoms with Gasteiger partial charge in [0.2, 0.25) is 5.91 Å². The van der Waals surface area contributed by atoms with E-state index in [0.29, 0.717) is 16.5 Å². The van der Waals surface area contributed by atoms with Gasteiger partial charge in [-0.05, 0) is 49.4 Å². The number of benzene rings is 2. The minimum Gasteiger partial charge on any atom is -0.388 e. The monoisotopic (exact) mass is 418 g/mol. The maximum absolute atomic E-state index is 12.2. The highest BCUT2D eigenvalue weighted by atomic mass is 32.1. The van der Waals surface area contributed by atoms with Crippen LogP contribution in [-0.4, -0.2) is 16.0 Å². The SMILES string of the molecule is [2H]c1c([2H])c([C@@]([2H])(O)CCC([2H])([2H])C([2H])([2H])c2ccc(NC(=O)Cc3csc(N)n3)cc2)c([2H])c([2H])c1C. The normalized spacial score (nSPS) is 18.5. The number of nitrogen functional groups attached to an aromatic ring is 1. The summed E-state index contributed by atoms with van der Waals surface area (Å²) in [6.45, 7) is 1.38. The summed E-state index contributed by atoms with van der Waals surface area (Å²) in [5.74, 6) is -0.360. The van der Waals surface area contributed by atoms with E-state index in [4.69, 9.17) is 18.1 Å². The molecule has 0 unspecified atom stereocenters. The Hall–Kier alpha value is -2.70. The summed E-state index contributed by atoms with van der Waals surface area (Å²) in [6.07, 6.45) is -9.21. The number of aromatic nitrogens is 1. The lowest BCUT2D eigenvalue weighted by molar-refractivity contribution is -0.115. The third-order valence-electron chi connectivity index (χ3n) is 3.84. The molecule has 0 saturated heterocycles. The molecule has 0 fully saturated rings. The van der Waals surface area contributed by atoms with E-state index in [9.17, 15) is 9.90 Å². The van der Waals surface area contributed by atoms with E-state index in [1.165, 1.54) is 42.5 Å². The molecule has 1 heterocycles. The predicted octanol–water partition coefficient (Wildman–Crippen LogP) is 4.66. The molecule has 2 aromatic carbocycles. The molecule has 0 bridgehead atoms. The van der Waals surface area contributed by atoms with Crippen molar-refractivity contribution in [3.8, 4) is 0 Å². The van der Waals surface area contributed by atoms with Crippen molar-refractivity contribution in [1.29, 1.82) is 0 Å². The fourth-order valence-electron chi connectivity index (χ4n) is 2.40. The molecule has 5 nitrogen and oxygen atoms in total. The van der Waals surface area contributed by atoms with Gasteiger partial charge in [0, 0.05) is 16.6 Å². The molecule has 0 aliphatic heterocycles. The van der Waals surface area contributed by atoms with Crippen LogP contribution >= 0.6 is 11.3 Å². The van der Waals surface area contributed by atoms with Gasteiger partial charge in [-0.15, -0.1) is 11.3 Å². The first-order chi connectivity index (χ1) is 17.5. The van der Waals surface area contributed by atoms with Gasteiger partial charge in [-0.3, -0.25) is 4.79 Å². The maximum atomic E-state index is 12.2. The van der Waals surface area contributed by atoms with Crippen LogP contribution in [0.4, 0.5) is 10.8 Å². The lowest BCUT2D eigenvalue weighted by Gasteiger charge is -2.11. The van der Waals surface area contributed by atoms with Gasteiger partial charge in [-0.25, -0.2) is 4.98 Å². The number of nitrogens with one attached hydrogen (secondary N) is 1. The van der Waals surface area contributed by atoms with Crippen LogP contribution in [0.15, 0.2) is 53.8 Å². The third kappa shape index (κ3) is 6.69. The number of carbonyl (C=O) groups is 1. The molecule has 3 aromatic rings. The quantitative estimate of drug-likeness (QED) is 0.471. The van der Waals surface area contributed by atoms with Gasteiger partial charge in [0.05, 0.1) is 25.0 Å². The molecule has 1 aromatic heterocycles.